The summed E-state index contributed by atoms with van der Waals surface area (Å²) in [6.07, 6.45) is 6.37. The van der Waals surface area contributed by atoms with Crippen LogP contribution in [0.1, 0.15) is 42.5 Å². The first-order chi connectivity index (χ1) is 9.16. The zero-order valence-corrected chi connectivity index (χ0v) is 12.4. The van der Waals surface area contributed by atoms with Crippen LogP contribution in [0, 0.1) is 5.92 Å². The maximum atomic E-state index is 12.5. The molecule has 1 nitrogen and oxygen atoms in total. The number of fused-ring (bicyclic) bond motifs is 1. The Balaban J connectivity index is 1.92. The van der Waals surface area contributed by atoms with Gasteiger partial charge >= 0.3 is 0 Å². The zero-order valence-electron chi connectivity index (χ0n) is 10.8. The smallest absolute Gasteiger partial charge is 0.190 e. The van der Waals surface area contributed by atoms with Crippen LogP contribution < -0.4 is 0 Å². The Bertz CT molecular complexity index is 532. The molecule has 1 fully saturated rings. The number of benzene rings is 1. The molecule has 0 saturated heterocycles. The maximum absolute atomic E-state index is 12.5. The molecule has 1 atom stereocenters. The SMILES string of the molecule is C=C1C(=O)c2cc(Cl)ccc2SC1C1CCCCC1. The molecule has 0 radical (unpaired) electrons. The van der Waals surface area contributed by atoms with E-state index in [1.165, 1.54) is 32.1 Å². The Morgan fingerprint density at radius 2 is 1.95 bits per heavy atom. The number of rotatable bonds is 1. The van der Waals surface area contributed by atoms with Crippen LogP contribution in [-0.2, 0) is 0 Å². The second-order valence-corrected chi connectivity index (χ2v) is 7.05. The van der Waals surface area contributed by atoms with Gasteiger partial charge in [0.15, 0.2) is 5.78 Å². The maximum Gasteiger partial charge on any atom is 0.190 e. The lowest BCUT2D eigenvalue weighted by Gasteiger charge is -2.34. The van der Waals surface area contributed by atoms with E-state index in [4.69, 9.17) is 11.6 Å². The molecule has 1 aliphatic carbocycles. The first-order valence-electron chi connectivity index (χ1n) is 6.86. The molecule has 2 aliphatic rings. The van der Waals surface area contributed by atoms with Crippen LogP contribution in [0.15, 0.2) is 35.2 Å². The van der Waals surface area contributed by atoms with Crippen molar-refractivity contribution in [1.82, 2.24) is 0 Å². The molecule has 0 bridgehead atoms. The summed E-state index contributed by atoms with van der Waals surface area (Å²) >= 11 is 7.79. The van der Waals surface area contributed by atoms with Gasteiger partial charge in [-0.3, -0.25) is 4.79 Å². The number of hydrogen-bond donors (Lipinski definition) is 0. The fraction of sp³-hybridized carbons (Fsp3) is 0.438. The van der Waals surface area contributed by atoms with E-state index in [9.17, 15) is 4.79 Å². The van der Waals surface area contributed by atoms with E-state index in [1.54, 1.807) is 17.8 Å². The lowest BCUT2D eigenvalue weighted by atomic mass is 9.83. The summed E-state index contributed by atoms with van der Waals surface area (Å²) < 4.78 is 0. The minimum atomic E-state index is 0.0897. The highest BCUT2D eigenvalue weighted by Gasteiger charge is 2.35. The van der Waals surface area contributed by atoms with Crippen molar-refractivity contribution in [3.63, 3.8) is 0 Å². The Morgan fingerprint density at radius 1 is 1.21 bits per heavy atom. The van der Waals surface area contributed by atoms with E-state index >= 15 is 0 Å². The summed E-state index contributed by atoms with van der Waals surface area (Å²) in [6.45, 7) is 4.07. The molecule has 0 amide bonds. The molecular weight excluding hydrogens is 276 g/mol. The zero-order chi connectivity index (χ0) is 13.4. The van der Waals surface area contributed by atoms with E-state index in [0.29, 0.717) is 10.9 Å². The lowest BCUT2D eigenvalue weighted by Crippen LogP contribution is -2.29. The van der Waals surface area contributed by atoms with Gasteiger partial charge in [0.2, 0.25) is 0 Å². The standard InChI is InChI=1S/C16H17ClOS/c1-10-15(18)13-9-12(17)7-8-14(13)19-16(10)11-5-3-2-4-6-11/h7-9,11,16H,1-6H2. The monoisotopic (exact) mass is 292 g/mol. The second kappa shape index (κ2) is 5.34. The molecule has 3 rings (SSSR count). The molecule has 0 N–H and O–H groups in total. The first-order valence-corrected chi connectivity index (χ1v) is 8.12. The largest absolute Gasteiger partial charge is 0.289 e. The highest BCUT2D eigenvalue weighted by Crippen LogP contribution is 2.45. The van der Waals surface area contributed by atoms with Gasteiger partial charge < -0.3 is 0 Å². The number of halogens is 1. The molecule has 3 heteroatoms. The van der Waals surface area contributed by atoms with Gasteiger partial charge in [0.05, 0.1) is 0 Å². The van der Waals surface area contributed by atoms with E-state index < -0.39 is 0 Å². The second-order valence-electron chi connectivity index (χ2n) is 5.43. The number of thioether (sulfide) groups is 1. The molecule has 1 unspecified atom stereocenters. The van der Waals surface area contributed by atoms with Crippen molar-refractivity contribution in [1.29, 1.82) is 0 Å². The topological polar surface area (TPSA) is 17.1 Å². The normalized spacial score (nSPS) is 24.4. The van der Waals surface area contributed by atoms with Gasteiger partial charge in [0, 0.05) is 26.3 Å². The van der Waals surface area contributed by atoms with Crippen LogP contribution in [0.2, 0.25) is 5.02 Å². The summed E-state index contributed by atoms with van der Waals surface area (Å²) in [5.41, 5.74) is 1.50. The summed E-state index contributed by atoms with van der Waals surface area (Å²) in [6, 6.07) is 5.61. The van der Waals surface area contributed by atoms with Crippen LogP contribution in [0.4, 0.5) is 0 Å². The van der Waals surface area contributed by atoms with Crippen LogP contribution >= 0.6 is 23.4 Å². The van der Waals surface area contributed by atoms with Crippen LogP contribution in [0.5, 0.6) is 0 Å². The van der Waals surface area contributed by atoms with Crippen molar-refractivity contribution < 1.29 is 4.79 Å². The summed E-state index contributed by atoms with van der Waals surface area (Å²) in [4.78, 5) is 13.5. The summed E-state index contributed by atoms with van der Waals surface area (Å²) in [7, 11) is 0. The average Bonchev–Trinajstić information content (AvgIpc) is 2.44. The molecule has 100 valence electrons. The Hall–Kier alpha value is -0.730. The molecule has 19 heavy (non-hydrogen) atoms. The van der Waals surface area contributed by atoms with Crippen molar-refractivity contribution in [2.75, 3.05) is 0 Å². The van der Waals surface area contributed by atoms with E-state index in [0.717, 1.165) is 16.0 Å². The van der Waals surface area contributed by atoms with Crippen molar-refractivity contribution in [3.05, 3.63) is 40.9 Å². The van der Waals surface area contributed by atoms with Crippen LogP contribution in [0.25, 0.3) is 0 Å². The Kier molecular flexibility index (Phi) is 3.72. The lowest BCUT2D eigenvalue weighted by molar-refractivity contribution is 0.102. The first kappa shape index (κ1) is 13.3. The van der Waals surface area contributed by atoms with Gasteiger partial charge in [-0.25, -0.2) is 0 Å². The van der Waals surface area contributed by atoms with E-state index in [-0.39, 0.29) is 11.0 Å². The number of carbonyl (C=O) groups is 1. The van der Waals surface area contributed by atoms with Crippen molar-refractivity contribution in [3.8, 4) is 0 Å². The number of carbonyl (C=O) groups excluding carboxylic acids is 1. The van der Waals surface area contributed by atoms with E-state index in [1.807, 2.05) is 12.1 Å². The van der Waals surface area contributed by atoms with Gasteiger partial charge in [-0.15, -0.1) is 11.8 Å². The third-order valence-electron chi connectivity index (χ3n) is 4.15. The predicted molar refractivity (Wildman–Crippen MR) is 81.1 cm³/mol. The van der Waals surface area contributed by atoms with Gasteiger partial charge in [0.1, 0.15) is 0 Å². The predicted octanol–water partition coefficient (Wildman–Crippen LogP) is 5.13. The molecule has 1 aliphatic heterocycles. The molecular formula is C16H17ClOS. The third kappa shape index (κ3) is 2.48. The molecule has 0 spiro atoms. The molecule has 1 saturated carbocycles. The summed E-state index contributed by atoms with van der Waals surface area (Å²) in [5.74, 6) is 0.700. The van der Waals surface area contributed by atoms with Crippen molar-refractivity contribution in [2.24, 2.45) is 5.92 Å². The average molecular weight is 293 g/mol. The van der Waals surface area contributed by atoms with Crippen LogP contribution in [0.3, 0.4) is 0 Å². The summed E-state index contributed by atoms with van der Waals surface area (Å²) in [5, 5.41) is 0.887. The minimum absolute atomic E-state index is 0.0897. The molecule has 0 aromatic heterocycles. The fourth-order valence-electron chi connectivity index (χ4n) is 3.11. The number of Topliss-reactive ketones (excluding diaryl/α,β-unsaturated/α-hetero) is 1. The molecule has 1 heterocycles. The van der Waals surface area contributed by atoms with Gasteiger partial charge in [-0.05, 0) is 37.0 Å². The molecule has 1 aromatic carbocycles. The van der Waals surface area contributed by atoms with Gasteiger partial charge in [0.25, 0.3) is 0 Å². The number of ketones is 1. The Morgan fingerprint density at radius 3 is 2.68 bits per heavy atom. The van der Waals surface area contributed by atoms with Gasteiger partial charge in [-0.2, -0.15) is 0 Å². The quantitative estimate of drug-likeness (QED) is 0.667. The van der Waals surface area contributed by atoms with Crippen LogP contribution in [-0.4, -0.2) is 11.0 Å². The van der Waals surface area contributed by atoms with Crippen molar-refractivity contribution in [2.45, 2.75) is 42.2 Å². The fourth-order valence-corrected chi connectivity index (χ4v) is 4.69. The van der Waals surface area contributed by atoms with Crippen molar-refractivity contribution >= 4 is 29.1 Å². The third-order valence-corrected chi connectivity index (χ3v) is 5.92. The highest BCUT2D eigenvalue weighted by atomic mass is 35.5. The number of hydrogen-bond acceptors (Lipinski definition) is 2. The Labute approximate surface area is 123 Å². The molecule has 1 aromatic rings. The van der Waals surface area contributed by atoms with Gasteiger partial charge in [-0.1, -0.05) is 37.4 Å². The minimum Gasteiger partial charge on any atom is -0.289 e. The van der Waals surface area contributed by atoms with E-state index in [2.05, 4.69) is 6.58 Å². The highest BCUT2D eigenvalue weighted by molar-refractivity contribution is 8.00.